The van der Waals surface area contributed by atoms with Crippen LogP contribution in [0.3, 0.4) is 0 Å². The number of halogens is 1. The average Bonchev–Trinajstić information content (AvgIpc) is 2.72. The molecule has 0 fully saturated rings. The van der Waals surface area contributed by atoms with Crippen molar-refractivity contribution in [3.05, 3.63) is 0 Å². The summed E-state index contributed by atoms with van der Waals surface area (Å²) in [4.78, 5) is 0. The van der Waals surface area contributed by atoms with Gasteiger partial charge in [-0.1, -0.05) is 122 Å². The van der Waals surface area contributed by atoms with Gasteiger partial charge >= 0.3 is 0 Å². The molecule has 31 heavy (non-hydrogen) atoms. The number of hydrogen-bond acceptors (Lipinski definition) is 4. The van der Waals surface area contributed by atoms with Gasteiger partial charge in [0.1, 0.15) is 0 Å². The SMILES string of the molecule is CCCCCCCCCCCCCCCCOS(=O)(=O)CCCCCCCCCF.N. The van der Waals surface area contributed by atoms with Crippen molar-refractivity contribution in [2.45, 2.75) is 142 Å². The summed E-state index contributed by atoms with van der Waals surface area (Å²) in [6, 6.07) is 0. The van der Waals surface area contributed by atoms with E-state index < -0.39 is 10.1 Å². The van der Waals surface area contributed by atoms with E-state index in [4.69, 9.17) is 4.18 Å². The van der Waals surface area contributed by atoms with Crippen LogP contribution in [0.2, 0.25) is 0 Å². The molecule has 0 aromatic carbocycles. The van der Waals surface area contributed by atoms with Crippen LogP contribution in [0.25, 0.3) is 0 Å². The van der Waals surface area contributed by atoms with Crippen molar-refractivity contribution in [1.29, 1.82) is 0 Å². The highest BCUT2D eigenvalue weighted by Gasteiger charge is 2.10. The van der Waals surface area contributed by atoms with Crippen LogP contribution in [0.4, 0.5) is 4.39 Å². The summed E-state index contributed by atoms with van der Waals surface area (Å²) in [5.74, 6) is 0.135. The van der Waals surface area contributed by atoms with Crippen molar-refractivity contribution < 1.29 is 17.0 Å². The summed E-state index contributed by atoms with van der Waals surface area (Å²) < 4.78 is 40.8. The maximum absolute atomic E-state index is 12.0. The van der Waals surface area contributed by atoms with Gasteiger partial charge < -0.3 is 6.15 Å². The molecule has 0 saturated carbocycles. The second-order valence-electron chi connectivity index (χ2n) is 8.84. The first-order valence-electron chi connectivity index (χ1n) is 13.1. The molecule has 0 unspecified atom stereocenters. The molecule has 0 radical (unpaired) electrons. The molecule has 0 saturated heterocycles. The molecule has 0 heterocycles. The van der Waals surface area contributed by atoms with E-state index in [0.717, 1.165) is 44.9 Å². The molecule has 0 amide bonds. The number of unbranched alkanes of at least 4 members (excludes halogenated alkanes) is 19. The minimum atomic E-state index is -3.35. The molecule has 0 aliphatic rings. The van der Waals surface area contributed by atoms with E-state index in [1.807, 2.05) is 0 Å². The molecule has 0 aromatic heterocycles. The molecule has 4 nitrogen and oxygen atoms in total. The zero-order chi connectivity index (χ0) is 22.2. The Balaban J connectivity index is 0. The highest BCUT2D eigenvalue weighted by Crippen LogP contribution is 2.13. The van der Waals surface area contributed by atoms with E-state index in [1.54, 1.807) is 0 Å². The van der Waals surface area contributed by atoms with Crippen molar-refractivity contribution in [3.63, 3.8) is 0 Å². The molecule has 0 aliphatic heterocycles. The van der Waals surface area contributed by atoms with Crippen molar-refractivity contribution in [1.82, 2.24) is 6.15 Å². The number of hydrogen-bond donors (Lipinski definition) is 1. The average molecular weight is 468 g/mol. The Kier molecular flexibility index (Phi) is 27.7. The maximum Gasteiger partial charge on any atom is 0.267 e. The van der Waals surface area contributed by atoms with Crippen LogP contribution in [0.15, 0.2) is 0 Å². The third-order valence-corrected chi connectivity index (χ3v) is 7.10. The van der Waals surface area contributed by atoms with Crippen LogP contribution >= 0.6 is 0 Å². The van der Waals surface area contributed by atoms with Gasteiger partial charge in [0.05, 0.1) is 19.0 Å². The van der Waals surface area contributed by atoms with Crippen molar-refractivity contribution in [2.75, 3.05) is 19.0 Å². The van der Waals surface area contributed by atoms with Crippen LogP contribution in [-0.2, 0) is 14.3 Å². The molecule has 0 rings (SSSR count). The van der Waals surface area contributed by atoms with E-state index in [1.165, 1.54) is 77.0 Å². The van der Waals surface area contributed by atoms with Crippen LogP contribution in [0.5, 0.6) is 0 Å². The van der Waals surface area contributed by atoms with Crippen molar-refractivity contribution in [2.24, 2.45) is 0 Å². The molecule has 190 valence electrons. The smallest absolute Gasteiger partial charge is 0.267 e. The minimum absolute atomic E-state index is 0. The van der Waals surface area contributed by atoms with E-state index in [-0.39, 0.29) is 18.6 Å². The third kappa shape index (κ3) is 27.8. The highest BCUT2D eigenvalue weighted by molar-refractivity contribution is 7.86. The first-order chi connectivity index (χ1) is 14.6. The Hall–Kier alpha value is -0.200. The zero-order valence-corrected chi connectivity index (χ0v) is 21.5. The molecule has 6 heteroatoms. The lowest BCUT2D eigenvalue weighted by Gasteiger charge is -2.06. The largest absolute Gasteiger partial charge is 0.344 e. The van der Waals surface area contributed by atoms with Gasteiger partial charge in [0.25, 0.3) is 10.1 Å². The van der Waals surface area contributed by atoms with Gasteiger partial charge in [0.15, 0.2) is 0 Å². The van der Waals surface area contributed by atoms with E-state index >= 15 is 0 Å². The Labute approximate surface area is 194 Å². The lowest BCUT2D eigenvalue weighted by molar-refractivity contribution is 0.305. The first kappa shape index (κ1) is 33.0. The Morgan fingerprint density at radius 3 is 1.32 bits per heavy atom. The van der Waals surface area contributed by atoms with Gasteiger partial charge in [-0.3, -0.25) is 8.57 Å². The molecule has 0 atom stereocenters. The summed E-state index contributed by atoms with van der Waals surface area (Å²) in [5, 5.41) is 0. The fourth-order valence-electron chi connectivity index (χ4n) is 3.80. The summed E-state index contributed by atoms with van der Waals surface area (Å²) in [7, 11) is -3.35. The minimum Gasteiger partial charge on any atom is -0.344 e. The topological polar surface area (TPSA) is 78.4 Å². The Bertz CT molecular complexity index is 432. The van der Waals surface area contributed by atoms with Gasteiger partial charge in [-0.15, -0.1) is 0 Å². The van der Waals surface area contributed by atoms with Crippen molar-refractivity contribution in [3.8, 4) is 0 Å². The lowest BCUT2D eigenvalue weighted by atomic mass is 10.0. The molecule has 0 bridgehead atoms. The predicted octanol–water partition coefficient (Wildman–Crippen LogP) is 8.68. The van der Waals surface area contributed by atoms with E-state index in [9.17, 15) is 12.8 Å². The van der Waals surface area contributed by atoms with Crippen LogP contribution < -0.4 is 6.15 Å². The van der Waals surface area contributed by atoms with E-state index in [2.05, 4.69) is 6.92 Å². The quantitative estimate of drug-likeness (QED) is 0.108. The number of alkyl halides is 1. The molecule has 0 aromatic rings. The highest BCUT2D eigenvalue weighted by atomic mass is 32.2. The fourth-order valence-corrected chi connectivity index (χ4v) is 4.85. The van der Waals surface area contributed by atoms with Crippen molar-refractivity contribution >= 4 is 10.1 Å². The standard InChI is InChI=1S/C25H51FO3S.H3N/c1-2-3-4-5-6-7-8-9-10-11-12-15-18-21-24-29-30(27,28)25-22-19-16-13-14-17-20-23-26;/h2-25H2,1H3;1H3. The second-order valence-corrected chi connectivity index (χ2v) is 10.6. The third-order valence-electron chi connectivity index (χ3n) is 5.79. The monoisotopic (exact) mass is 467 g/mol. The molecular weight excluding hydrogens is 413 g/mol. The molecule has 0 spiro atoms. The van der Waals surface area contributed by atoms with Crippen LogP contribution in [0.1, 0.15) is 142 Å². The maximum atomic E-state index is 12.0. The van der Waals surface area contributed by atoms with Crippen LogP contribution in [-0.4, -0.2) is 27.5 Å². The lowest BCUT2D eigenvalue weighted by Crippen LogP contribution is -2.11. The van der Waals surface area contributed by atoms with Crippen LogP contribution in [0, 0.1) is 0 Å². The molecule has 0 aliphatic carbocycles. The predicted molar refractivity (Wildman–Crippen MR) is 133 cm³/mol. The van der Waals surface area contributed by atoms with Gasteiger partial charge in [-0.2, -0.15) is 8.42 Å². The van der Waals surface area contributed by atoms with Gasteiger partial charge in [-0.05, 0) is 19.3 Å². The van der Waals surface area contributed by atoms with Gasteiger partial charge in [-0.25, -0.2) is 0 Å². The summed E-state index contributed by atoms with van der Waals surface area (Å²) >= 11 is 0. The number of rotatable bonds is 25. The molecule has 3 N–H and O–H groups in total. The second kappa shape index (κ2) is 26.1. The van der Waals surface area contributed by atoms with E-state index in [0.29, 0.717) is 19.4 Å². The Morgan fingerprint density at radius 1 is 0.548 bits per heavy atom. The normalized spacial score (nSPS) is 11.5. The summed E-state index contributed by atoms with van der Waals surface area (Å²) in [6.07, 6.45) is 24.4. The first-order valence-corrected chi connectivity index (χ1v) is 14.6. The Morgan fingerprint density at radius 2 is 0.903 bits per heavy atom. The van der Waals surface area contributed by atoms with Gasteiger partial charge in [0, 0.05) is 0 Å². The summed E-state index contributed by atoms with van der Waals surface area (Å²) in [5.41, 5.74) is 0. The fraction of sp³-hybridized carbons (Fsp3) is 1.00. The van der Waals surface area contributed by atoms with Gasteiger partial charge in [0.2, 0.25) is 0 Å². The molecular formula is C25H54FNO3S. The zero-order valence-electron chi connectivity index (χ0n) is 20.7. The summed E-state index contributed by atoms with van der Waals surface area (Å²) in [6.45, 7) is 2.37.